The first-order valence-corrected chi connectivity index (χ1v) is 9.88. The van der Waals surface area contributed by atoms with Crippen molar-refractivity contribution in [3.8, 4) is 0 Å². The Morgan fingerprint density at radius 2 is 2.24 bits per heavy atom. The number of carboxylic acids is 1. The van der Waals surface area contributed by atoms with Crippen LogP contribution in [0.5, 0.6) is 0 Å². The van der Waals surface area contributed by atoms with Gasteiger partial charge in [-0.05, 0) is 40.8 Å². The smallest absolute Gasteiger partial charge is 0.325 e. The Labute approximate surface area is 140 Å². The van der Waals surface area contributed by atoms with Gasteiger partial charge in [-0.1, -0.05) is 31.4 Å². The van der Waals surface area contributed by atoms with Crippen LogP contribution < -0.4 is 4.72 Å². The third-order valence-electron chi connectivity index (χ3n) is 3.89. The van der Waals surface area contributed by atoms with Gasteiger partial charge in [0.25, 0.3) is 10.0 Å². The van der Waals surface area contributed by atoms with E-state index in [-0.39, 0.29) is 10.1 Å². The van der Waals surface area contributed by atoms with Gasteiger partial charge in [-0.2, -0.15) is 4.72 Å². The molecular formula is C12H15BrClNO4S2. The van der Waals surface area contributed by atoms with Crippen molar-refractivity contribution in [2.75, 3.05) is 0 Å². The van der Waals surface area contributed by atoms with Crippen LogP contribution in [0.15, 0.2) is 14.1 Å². The van der Waals surface area contributed by atoms with Crippen molar-refractivity contribution in [2.24, 2.45) is 5.92 Å². The van der Waals surface area contributed by atoms with E-state index >= 15 is 0 Å². The molecule has 118 valence electrons. The molecule has 0 amide bonds. The van der Waals surface area contributed by atoms with E-state index in [4.69, 9.17) is 11.6 Å². The molecule has 1 aliphatic rings. The molecule has 1 saturated carbocycles. The molecule has 1 aliphatic carbocycles. The minimum atomic E-state index is -3.92. The van der Waals surface area contributed by atoms with Crippen LogP contribution in [0, 0.1) is 5.92 Å². The lowest BCUT2D eigenvalue weighted by atomic mass is 9.74. The summed E-state index contributed by atoms with van der Waals surface area (Å²) in [7, 11) is -3.92. The second-order valence-corrected chi connectivity index (χ2v) is 9.90. The highest BCUT2D eigenvalue weighted by atomic mass is 79.9. The largest absolute Gasteiger partial charge is 0.480 e. The molecule has 0 radical (unpaired) electrons. The molecule has 0 spiro atoms. The molecule has 2 rings (SSSR count). The van der Waals surface area contributed by atoms with Gasteiger partial charge in [0.15, 0.2) is 0 Å². The molecule has 21 heavy (non-hydrogen) atoms. The third kappa shape index (κ3) is 3.29. The summed E-state index contributed by atoms with van der Waals surface area (Å²) in [6, 6.07) is 1.32. The summed E-state index contributed by atoms with van der Waals surface area (Å²) in [4.78, 5) is 11.7. The minimum Gasteiger partial charge on any atom is -0.480 e. The molecule has 0 saturated heterocycles. The van der Waals surface area contributed by atoms with Crippen molar-refractivity contribution < 1.29 is 18.3 Å². The van der Waals surface area contributed by atoms with Gasteiger partial charge in [0.2, 0.25) is 0 Å². The average Bonchev–Trinajstić information content (AvgIpc) is 2.73. The molecule has 1 fully saturated rings. The number of nitrogens with one attached hydrogen (secondary N) is 1. The van der Waals surface area contributed by atoms with Crippen LogP contribution in [0.25, 0.3) is 0 Å². The van der Waals surface area contributed by atoms with E-state index in [1.54, 1.807) is 6.92 Å². The molecular weight excluding hydrogens is 402 g/mol. The van der Waals surface area contributed by atoms with Crippen LogP contribution in [0.1, 0.15) is 32.6 Å². The zero-order valence-corrected chi connectivity index (χ0v) is 15.2. The van der Waals surface area contributed by atoms with Gasteiger partial charge in [-0.15, -0.1) is 11.3 Å². The maximum Gasteiger partial charge on any atom is 0.325 e. The minimum absolute atomic E-state index is 0.0118. The lowest BCUT2D eigenvalue weighted by molar-refractivity contribution is -0.147. The van der Waals surface area contributed by atoms with Crippen molar-refractivity contribution in [3.05, 3.63) is 14.9 Å². The first-order chi connectivity index (χ1) is 9.69. The Bertz CT molecular complexity index is 641. The lowest BCUT2D eigenvalue weighted by Crippen LogP contribution is -2.59. The van der Waals surface area contributed by atoms with E-state index in [2.05, 4.69) is 20.7 Å². The quantitative estimate of drug-likeness (QED) is 0.787. The second kappa shape index (κ2) is 6.16. The summed E-state index contributed by atoms with van der Waals surface area (Å²) >= 11 is 9.99. The fraction of sp³-hybridized carbons (Fsp3) is 0.583. The number of aliphatic carboxylic acids is 1. The highest BCUT2D eigenvalue weighted by Crippen LogP contribution is 2.38. The number of hydrogen-bond donors (Lipinski definition) is 2. The van der Waals surface area contributed by atoms with E-state index in [1.165, 1.54) is 6.07 Å². The fourth-order valence-corrected chi connectivity index (χ4v) is 6.49. The number of carbonyl (C=O) groups is 1. The van der Waals surface area contributed by atoms with E-state index in [1.807, 2.05) is 0 Å². The molecule has 2 N–H and O–H groups in total. The molecule has 0 aliphatic heterocycles. The normalized spacial score (nSPS) is 26.7. The first kappa shape index (κ1) is 17.2. The summed E-state index contributed by atoms with van der Waals surface area (Å²) in [6.45, 7) is 1.77. The van der Waals surface area contributed by atoms with Crippen LogP contribution in [-0.4, -0.2) is 25.0 Å². The maximum absolute atomic E-state index is 12.5. The summed E-state index contributed by atoms with van der Waals surface area (Å²) in [5.41, 5.74) is -1.44. The maximum atomic E-state index is 12.5. The van der Waals surface area contributed by atoms with Gasteiger partial charge < -0.3 is 5.11 Å². The number of thiophene rings is 1. The van der Waals surface area contributed by atoms with E-state index in [0.29, 0.717) is 28.1 Å². The van der Waals surface area contributed by atoms with Crippen molar-refractivity contribution in [2.45, 2.75) is 42.4 Å². The molecule has 1 aromatic rings. The third-order valence-corrected chi connectivity index (χ3v) is 8.34. The number of carboxylic acid groups (broad SMARTS) is 1. The molecule has 9 heteroatoms. The number of halogens is 2. The predicted octanol–water partition coefficient (Wildman–Crippen LogP) is 3.48. The standard InChI is InChI=1S/C12H15BrClNO4S2/c1-7-4-2-3-5-12(7,11(16)17)15-21(18,19)9-6-8(14)10(13)20-9/h6-7,15H,2-5H2,1H3,(H,16,17). The van der Waals surface area contributed by atoms with Crippen molar-refractivity contribution in [1.82, 2.24) is 4.72 Å². The van der Waals surface area contributed by atoms with Crippen LogP contribution in [0.4, 0.5) is 0 Å². The Kier molecular flexibility index (Phi) is 5.04. The summed E-state index contributed by atoms with van der Waals surface area (Å²) in [5, 5.41) is 9.86. The van der Waals surface area contributed by atoms with E-state index < -0.39 is 21.5 Å². The van der Waals surface area contributed by atoms with Crippen LogP contribution >= 0.6 is 38.9 Å². The second-order valence-electron chi connectivity index (χ2n) is 5.22. The Morgan fingerprint density at radius 3 is 2.71 bits per heavy atom. The van der Waals surface area contributed by atoms with Crippen molar-refractivity contribution >= 4 is 54.9 Å². The number of rotatable bonds is 4. The van der Waals surface area contributed by atoms with Gasteiger partial charge in [-0.3, -0.25) is 4.79 Å². The van der Waals surface area contributed by atoms with Gasteiger partial charge in [0, 0.05) is 0 Å². The molecule has 0 aromatic carbocycles. The first-order valence-electron chi connectivity index (χ1n) is 6.41. The van der Waals surface area contributed by atoms with Crippen LogP contribution in [0.2, 0.25) is 5.02 Å². The van der Waals surface area contributed by atoms with Gasteiger partial charge in [0.1, 0.15) is 9.75 Å². The fourth-order valence-electron chi connectivity index (χ4n) is 2.61. The summed E-state index contributed by atoms with van der Waals surface area (Å²) < 4.78 is 27.9. The molecule has 2 atom stereocenters. The Hall–Kier alpha value is -0.150. The number of hydrogen-bond acceptors (Lipinski definition) is 4. The topological polar surface area (TPSA) is 83.5 Å². The van der Waals surface area contributed by atoms with Gasteiger partial charge >= 0.3 is 5.97 Å². The zero-order chi connectivity index (χ0) is 15.8. The molecule has 2 unspecified atom stereocenters. The summed E-state index contributed by atoms with van der Waals surface area (Å²) in [6.07, 6.45) is 2.58. The lowest BCUT2D eigenvalue weighted by Gasteiger charge is -2.39. The van der Waals surface area contributed by atoms with E-state index in [9.17, 15) is 18.3 Å². The average molecular weight is 417 g/mol. The molecule has 0 bridgehead atoms. The van der Waals surface area contributed by atoms with Gasteiger partial charge in [0.05, 0.1) is 8.81 Å². The highest BCUT2D eigenvalue weighted by molar-refractivity contribution is 9.11. The molecule has 5 nitrogen and oxygen atoms in total. The Morgan fingerprint density at radius 1 is 1.57 bits per heavy atom. The highest BCUT2D eigenvalue weighted by Gasteiger charge is 2.48. The monoisotopic (exact) mass is 415 g/mol. The Balaban J connectivity index is 2.38. The SMILES string of the molecule is CC1CCCCC1(NS(=O)(=O)c1cc(Cl)c(Br)s1)C(=O)O. The van der Waals surface area contributed by atoms with Crippen LogP contribution in [-0.2, 0) is 14.8 Å². The van der Waals surface area contributed by atoms with Crippen LogP contribution in [0.3, 0.4) is 0 Å². The summed E-state index contributed by atoms with van der Waals surface area (Å²) in [5.74, 6) is -1.39. The number of sulfonamides is 1. The molecule has 1 heterocycles. The van der Waals surface area contributed by atoms with Crippen molar-refractivity contribution in [3.63, 3.8) is 0 Å². The zero-order valence-electron chi connectivity index (χ0n) is 11.2. The van der Waals surface area contributed by atoms with Crippen molar-refractivity contribution in [1.29, 1.82) is 0 Å². The predicted molar refractivity (Wildman–Crippen MR) is 85.3 cm³/mol. The van der Waals surface area contributed by atoms with Gasteiger partial charge in [-0.25, -0.2) is 8.42 Å². The molecule has 1 aromatic heterocycles. The van der Waals surface area contributed by atoms with E-state index in [0.717, 1.165) is 17.8 Å².